The molecule has 2 N–H and O–H groups in total. The lowest BCUT2D eigenvalue weighted by atomic mass is 10.1. The molecule has 0 aromatic heterocycles. The molecule has 0 aliphatic carbocycles. The Balaban J connectivity index is 2.41. The summed E-state index contributed by atoms with van der Waals surface area (Å²) < 4.78 is 0. The van der Waals surface area contributed by atoms with Gasteiger partial charge in [0.15, 0.2) is 0 Å². The van der Waals surface area contributed by atoms with Crippen LogP contribution in [0.3, 0.4) is 0 Å². The molecule has 1 heterocycles. The fourth-order valence-corrected chi connectivity index (χ4v) is 1.21. The van der Waals surface area contributed by atoms with Crippen LogP contribution in [0.2, 0.25) is 0 Å². The Morgan fingerprint density at radius 1 is 1.27 bits per heavy atom. The Hall–Kier alpha value is -1.44. The van der Waals surface area contributed by atoms with Crippen LogP contribution >= 0.6 is 0 Å². The first-order chi connectivity index (χ1) is 5.36. The molecule has 2 heteroatoms. The average Bonchev–Trinajstić information content (AvgIpc) is 2.04. The van der Waals surface area contributed by atoms with E-state index in [2.05, 4.69) is 29.3 Å². The molecule has 0 unspecified atom stereocenters. The summed E-state index contributed by atoms with van der Waals surface area (Å²) in [5.41, 5.74) is 2.45. The molecule has 0 fully saturated rings. The molecule has 0 saturated carbocycles. The summed E-state index contributed by atoms with van der Waals surface area (Å²) in [6.45, 7) is 4.67. The number of hydrogen-bond acceptors (Lipinski definition) is 2. The molecule has 0 amide bonds. The van der Waals surface area contributed by atoms with E-state index in [1.807, 2.05) is 12.1 Å². The minimum atomic E-state index is 0.877. The van der Waals surface area contributed by atoms with Crippen LogP contribution in [-0.2, 0) is 6.54 Å². The standard InChI is InChI=1S/C9H10N2/c1-7-10-6-8-4-2-3-5-9(8)11-7/h2-5,10-11H,1,6H2. The van der Waals surface area contributed by atoms with Crippen molar-refractivity contribution in [2.45, 2.75) is 6.54 Å². The van der Waals surface area contributed by atoms with Crippen LogP contribution in [0.5, 0.6) is 0 Å². The normalized spacial score (nSPS) is 14.7. The lowest BCUT2D eigenvalue weighted by Gasteiger charge is -2.21. The van der Waals surface area contributed by atoms with Crippen molar-refractivity contribution in [2.75, 3.05) is 5.32 Å². The molecule has 0 spiro atoms. The van der Waals surface area contributed by atoms with Crippen LogP contribution in [0.25, 0.3) is 0 Å². The van der Waals surface area contributed by atoms with Crippen LogP contribution in [-0.4, -0.2) is 0 Å². The van der Waals surface area contributed by atoms with E-state index < -0.39 is 0 Å². The second kappa shape index (κ2) is 2.31. The molecule has 0 radical (unpaired) electrons. The average molecular weight is 146 g/mol. The molecule has 56 valence electrons. The smallest absolute Gasteiger partial charge is 0.0959 e. The van der Waals surface area contributed by atoms with Gasteiger partial charge in [0.1, 0.15) is 0 Å². The quantitative estimate of drug-likeness (QED) is 0.581. The topological polar surface area (TPSA) is 24.1 Å². The van der Waals surface area contributed by atoms with Gasteiger partial charge in [0.05, 0.1) is 5.82 Å². The Morgan fingerprint density at radius 2 is 2.09 bits per heavy atom. The Labute approximate surface area is 65.9 Å². The molecule has 1 aromatic rings. The van der Waals surface area contributed by atoms with E-state index in [-0.39, 0.29) is 0 Å². The van der Waals surface area contributed by atoms with Crippen molar-refractivity contribution >= 4 is 5.69 Å². The number of nitrogens with one attached hydrogen (secondary N) is 2. The van der Waals surface area contributed by atoms with Crippen LogP contribution < -0.4 is 10.6 Å². The summed E-state index contributed by atoms with van der Waals surface area (Å²) in [5.74, 6) is 0.878. The number of fused-ring (bicyclic) bond motifs is 1. The van der Waals surface area contributed by atoms with Gasteiger partial charge in [0.25, 0.3) is 0 Å². The third-order valence-corrected chi connectivity index (χ3v) is 1.80. The van der Waals surface area contributed by atoms with Crippen molar-refractivity contribution in [1.82, 2.24) is 5.32 Å². The molecular weight excluding hydrogens is 136 g/mol. The molecule has 2 nitrogen and oxygen atoms in total. The summed E-state index contributed by atoms with van der Waals surface area (Å²) in [6.07, 6.45) is 0. The maximum atomic E-state index is 3.79. The molecule has 11 heavy (non-hydrogen) atoms. The van der Waals surface area contributed by atoms with Gasteiger partial charge >= 0.3 is 0 Å². The van der Waals surface area contributed by atoms with Crippen molar-refractivity contribution in [3.05, 3.63) is 42.2 Å². The molecule has 1 aliphatic heterocycles. The third kappa shape index (κ3) is 1.07. The van der Waals surface area contributed by atoms with Gasteiger partial charge < -0.3 is 10.6 Å². The van der Waals surface area contributed by atoms with Gasteiger partial charge in [-0.05, 0) is 11.6 Å². The highest BCUT2D eigenvalue weighted by atomic mass is 15.1. The van der Waals surface area contributed by atoms with Crippen LogP contribution in [0.1, 0.15) is 5.56 Å². The van der Waals surface area contributed by atoms with Crippen molar-refractivity contribution in [3.8, 4) is 0 Å². The third-order valence-electron chi connectivity index (χ3n) is 1.80. The van der Waals surface area contributed by atoms with Crippen molar-refractivity contribution in [2.24, 2.45) is 0 Å². The minimum Gasteiger partial charge on any atom is -0.368 e. The Morgan fingerprint density at radius 3 is 3.00 bits per heavy atom. The van der Waals surface area contributed by atoms with E-state index >= 15 is 0 Å². The summed E-state index contributed by atoms with van der Waals surface area (Å²) in [7, 11) is 0. The van der Waals surface area contributed by atoms with Crippen molar-refractivity contribution in [1.29, 1.82) is 0 Å². The van der Waals surface area contributed by atoms with Gasteiger partial charge in [0.2, 0.25) is 0 Å². The zero-order chi connectivity index (χ0) is 7.68. The predicted molar refractivity (Wildman–Crippen MR) is 46.0 cm³/mol. The highest BCUT2D eigenvalue weighted by molar-refractivity contribution is 5.56. The van der Waals surface area contributed by atoms with E-state index in [4.69, 9.17) is 0 Å². The number of para-hydroxylation sites is 1. The predicted octanol–water partition coefficient (Wildman–Crippen LogP) is 1.67. The fraction of sp³-hybridized carbons (Fsp3) is 0.111. The largest absolute Gasteiger partial charge is 0.368 e. The zero-order valence-electron chi connectivity index (χ0n) is 6.22. The first-order valence-electron chi connectivity index (χ1n) is 3.64. The van der Waals surface area contributed by atoms with Crippen LogP contribution in [0.15, 0.2) is 36.7 Å². The summed E-state index contributed by atoms with van der Waals surface area (Å²) in [6, 6.07) is 8.21. The second-order valence-electron chi connectivity index (χ2n) is 2.61. The van der Waals surface area contributed by atoms with Gasteiger partial charge in [-0.2, -0.15) is 0 Å². The van der Waals surface area contributed by atoms with E-state index in [9.17, 15) is 0 Å². The molecule has 1 aromatic carbocycles. The molecule has 0 saturated heterocycles. The Kier molecular flexibility index (Phi) is 1.32. The molecule has 0 bridgehead atoms. The minimum absolute atomic E-state index is 0.877. The van der Waals surface area contributed by atoms with E-state index in [0.29, 0.717) is 0 Å². The maximum Gasteiger partial charge on any atom is 0.0959 e. The van der Waals surface area contributed by atoms with Gasteiger partial charge in [0, 0.05) is 12.2 Å². The highest BCUT2D eigenvalue weighted by Gasteiger charge is 2.07. The van der Waals surface area contributed by atoms with Crippen molar-refractivity contribution in [3.63, 3.8) is 0 Å². The Bertz CT molecular complexity index is 291. The number of rotatable bonds is 0. The number of hydrogen-bond donors (Lipinski definition) is 2. The van der Waals surface area contributed by atoms with E-state index in [1.165, 1.54) is 5.56 Å². The fourth-order valence-electron chi connectivity index (χ4n) is 1.21. The summed E-state index contributed by atoms with van der Waals surface area (Å²) in [5, 5.41) is 6.29. The van der Waals surface area contributed by atoms with Crippen LogP contribution in [0, 0.1) is 0 Å². The first-order valence-corrected chi connectivity index (χ1v) is 3.64. The lowest BCUT2D eigenvalue weighted by Crippen LogP contribution is -2.24. The molecule has 1 aliphatic rings. The van der Waals surface area contributed by atoms with Gasteiger partial charge in [-0.3, -0.25) is 0 Å². The van der Waals surface area contributed by atoms with Gasteiger partial charge in [-0.15, -0.1) is 0 Å². The maximum absolute atomic E-state index is 3.79. The summed E-state index contributed by atoms with van der Waals surface area (Å²) >= 11 is 0. The van der Waals surface area contributed by atoms with Crippen LogP contribution in [0.4, 0.5) is 5.69 Å². The van der Waals surface area contributed by atoms with Gasteiger partial charge in [-0.25, -0.2) is 0 Å². The number of benzene rings is 1. The highest BCUT2D eigenvalue weighted by Crippen LogP contribution is 2.19. The molecule has 2 rings (SSSR count). The SMILES string of the molecule is C=C1NCc2ccccc2N1. The second-order valence-corrected chi connectivity index (χ2v) is 2.61. The zero-order valence-corrected chi connectivity index (χ0v) is 6.22. The van der Waals surface area contributed by atoms with E-state index in [0.717, 1.165) is 18.1 Å². The van der Waals surface area contributed by atoms with Gasteiger partial charge in [-0.1, -0.05) is 24.8 Å². The lowest BCUT2D eigenvalue weighted by molar-refractivity contribution is 0.796. The monoisotopic (exact) mass is 146 g/mol. The van der Waals surface area contributed by atoms with E-state index in [1.54, 1.807) is 0 Å². The number of anilines is 1. The van der Waals surface area contributed by atoms with Crippen molar-refractivity contribution < 1.29 is 0 Å². The molecular formula is C9H10N2. The summed E-state index contributed by atoms with van der Waals surface area (Å²) in [4.78, 5) is 0. The molecule has 0 atom stereocenters. The first kappa shape index (κ1) is 6.28.